The van der Waals surface area contributed by atoms with Gasteiger partial charge >= 0.3 is 0 Å². The molecule has 0 aromatic heterocycles. The lowest BCUT2D eigenvalue weighted by Gasteiger charge is -2.22. The molecule has 1 rings (SSSR count). The molecule has 0 N–H and O–H groups in total. The Morgan fingerprint density at radius 3 is 1.88 bits per heavy atom. The van der Waals surface area contributed by atoms with Crippen LogP contribution in [0.15, 0.2) is 18.2 Å². The van der Waals surface area contributed by atoms with Gasteiger partial charge in [-0.2, -0.15) is 0 Å². The van der Waals surface area contributed by atoms with Crippen molar-refractivity contribution in [3.8, 4) is 11.5 Å². The van der Waals surface area contributed by atoms with E-state index in [-0.39, 0.29) is 5.41 Å². The van der Waals surface area contributed by atoms with Crippen LogP contribution in [0.25, 0.3) is 0 Å². The maximum absolute atomic E-state index is 5.32. The van der Waals surface area contributed by atoms with Crippen LogP contribution in [0.2, 0.25) is 0 Å². The van der Waals surface area contributed by atoms with Gasteiger partial charge in [0.2, 0.25) is 0 Å². The highest BCUT2D eigenvalue weighted by atomic mass is 16.5. The van der Waals surface area contributed by atoms with E-state index in [1.807, 2.05) is 32.0 Å². The van der Waals surface area contributed by atoms with E-state index >= 15 is 0 Å². The Hall–Kier alpha value is -1.18. The smallest absolute Gasteiger partial charge is 0.122 e. The van der Waals surface area contributed by atoms with Crippen LogP contribution in [-0.4, -0.2) is 14.2 Å². The fourth-order valence-corrected chi connectivity index (χ4v) is 1.40. The van der Waals surface area contributed by atoms with Gasteiger partial charge in [-0.05, 0) is 23.6 Å². The Bertz CT molecular complexity index is 311. The number of hydrogen-bond acceptors (Lipinski definition) is 2. The molecule has 0 heterocycles. The highest BCUT2D eigenvalue weighted by molar-refractivity contribution is 5.43. The van der Waals surface area contributed by atoms with Crippen LogP contribution < -0.4 is 9.47 Å². The number of hydrogen-bond donors (Lipinski definition) is 0. The van der Waals surface area contributed by atoms with E-state index in [1.54, 1.807) is 14.2 Å². The average Bonchev–Trinajstić information content (AvgIpc) is 2.29. The van der Waals surface area contributed by atoms with Gasteiger partial charge in [-0.3, -0.25) is 0 Å². The summed E-state index contributed by atoms with van der Waals surface area (Å²) in [7, 11) is 3.37. The van der Waals surface area contributed by atoms with E-state index in [2.05, 4.69) is 20.8 Å². The summed E-state index contributed by atoms with van der Waals surface area (Å²) in [4.78, 5) is 0. The third kappa shape index (κ3) is 3.76. The summed E-state index contributed by atoms with van der Waals surface area (Å²) in [5, 5.41) is 0. The van der Waals surface area contributed by atoms with Gasteiger partial charge in [0.25, 0.3) is 0 Å². The average molecular weight is 224 g/mol. The van der Waals surface area contributed by atoms with Gasteiger partial charge in [-0.1, -0.05) is 34.6 Å². The summed E-state index contributed by atoms with van der Waals surface area (Å²) in [5.41, 5.74) is 1.24. The molecule has 0 saturated carbocycles. The maximum atomic E-state index is 5.32. The van der Waals surface area contributed by atoms with Gasteiger partial charge in [0.15, 0.2) is 0 Å². The summed E-state index contributed by atoms with van der Waals surface area (Å²) in [6.07, 6.45) is 0. The molecule has 0 aliphatic heterocycles. The zero-order chi connectivity index (χ0) is 12.8. The SMILES string of the molecule is CC.COc1ccc(OC)c(C(C)(C)C)c1. The van der Waals surface area contributed by atoms with Crippen molar-refractivity contribution in [2.45, 2.75) is 40.0 Å². The standard InChI is InChI=1S/C12H18O2.C2H6/c1-12(2,3)10-8-9(13-4)6-7-11(10)14-5;1-2/h6-8H,1-5H3;1-2H3. The molecule has 0 bridgehead atoms. The molecule has 0 aliphatic rings. The van der Waals surface area contributed by atoms with E-state index < -0.39 is 0 Å². The van der Waals surface area contributed by atoms with Crippen molar-refractivity contribution >= 4 is 0 Å². The van der Waals surface area contributed by atoms with Gasteiger partial charge in [-0.25, -0.2) is 0 Å². The van der Waals surface area contributed by atoms with Gasteiger partial charge in [0.05, 0.1) is 14.2 Å². The molecule has 1 aromatic rings. The summed E-state index contributed by atoms with van der Waals surface area (Å²) in [5.74, 6) is 1.79. The molecule has 0 amide bonds. The van der Waals surface area contributed by atoms with Crippen molar-refractivity contribution in [3.63, 3.8) is 0 Å². The first-order chi connectivity index (χ1) is 7.49. The highest BCUT2D eigenvalue weighted by Gasteiger charge is 2.19. The van der Waals surface area contributed by atoms with Crippen LogP contribution in [0.5, 0.6) is 11.5 Å². The first-order valence-electron chi connectivity index (χ1n) is 5.71. The molecule has 0 spiro atoms. The minimum absolute atomic E-state index is 0.0693. The van der Waals surface area contributed by atoms with Crippen molar-refractivity contribution in [2.75, 3.05) is 14.2 Å². The number of methoxy groups -OCH3 is 2. The molecule has 0 fully saturated rings. The third-order valence-electron chi connectivity index (χ3n) is 2.21. The highest BCUT2D eigenvalue weighted by Crippen LogP contribution is 2.33. The maximum Gasteiger partial charge on any atom is 0.122 e. The van der Waals surface area contributed by atoms with Gasteiger partial charge in [0, 0.05) is 5.56 Å². The van der Waals surface area contributed by atoms with Gasteiger partial charge in [-0.15, -0.1) is 0 Å². The minimum atomic E-state index is 0.0693. The Morgan fingerprint density at radius 1 is 0.938 bits per heavy atom. The zero-order valence-corrected chi connectivity index (χ0v) is 11.5. The lowest BCUT2D eigenvalue weighted by Crippen LogP contribution is -2.12. The summed E-state index contributed by atoms with van der Waals surface area (Å²) in [6.45, 7) is 10.5. The van der Waals surface area contributed by atoms with E-state index in [1.165, 1.54) is 5.56 Å². The molecule has 0 radical (unpaired) electrons. The molecule has 0 aliphatic carbocycles. The van der Waals surface area contributed by atoms with Gasteiger partial charge in [0.1, 0.15) is 11.5 Å². The van der Waals surface area contributed by atoms with Crippen molar-refractivity contribution in [2.24, 2.45) is 0 Å². The van der Waals surface area contributed by atoms with E-state index in [4.69, 9.17) is 9.47 Å². The number of ether oxygens (including phenoxy) is 2. The van der Waals surface area contributed by atoms with Crippen LogP contribution in [0.1, 0.15) is 40.2 Å². The predicted octanol–water partition coefficient (Wildman–Crippen LogP) is 4.03. The minimum Gasteiger partial charge on any atom is -0.497 e. The fraction of sp³-hybridized carbons (Fsp3) is 0.571. The molecule has 2 heteroatoms. The second-order valence-electron chi connectivity index (χ2n) is 4.32. The van der Waals surface area contributed by atoms with E-state index in [0.29, 0.717) is 0 Å². The first-order valence-corrected chi connectivity index (χ1v) is 5.71. The third-order valence-corrected chi connectivity index (χ3v) is 2.21. The van der Waals surface area contributed by atoms with E-state index in [9.17, 15) is 0 Å². The molecule has 2 nitrogen and oxygen atoms in total. The Balaban J connectivity index is 0.00000106. The topological polar surface area (TPSA) is 18.5 Å². The lowest BCUT2D eigenvalue weighted by molar-refractivity contribution is 0.388. The molecule has 16 heavy (non-hydrogen) atoms. The Kier molecular flexibility index (Phi) is 5.94. The summed E-state index contributed by atoms with van der Waals surface area (Å²) < 4.78 is 10.5. The quantitative estimate of drug-likeness (QED) is 0.755. The molecule has 1 aromatic carbocycles. The number of rotatable bonds is 2. The Labute approximate surface area is 99.6 Å². The van der Waals surface area contributed by atoms with Crippen LogP contribution in [0.3, 0.4) is 0 Å². The molecular formula is C14H24O2. The van der Waals surface area contributed by atoms with Crippen LogP contribution in [0.4, 0.5) is 0 Å². The summed E-state index contributed by atoms with van der Waals surface area (Å²) >= 11 is 0. The molecule has 0 saturated heterocycles. The van der Waals surface area contributed by atoms with Crippen LogP contribution in [-0.2, 0) is 5.41 Å². The molecular weight excluding hydrogens is 200 g/mol. The van der Waals surface area contributed by atoms with E-state index in [0.717, 1.165) is 11.5 Å². The second-order valence-corrected chi connectivity index (χ2v) is 4.32. The largest absolute Gasteiger partial charge is 0.497 e. The van der Waals surface area contributed by atoms with Crippen LogP contribution in [0, 0.1) is 0 Å². The fourth-order valence-electron chi connectivity index (χ4n) is 1.40. The summed E-state index contributed by atoms with van der Waals surface area (Å²) in [6, 6.07) is 5.88. The second kappa shape index (κ2) is 6.41. The molecule has 0 unspecified atom stereocenters. The van der Waals surface area contributed by atoms with Crippen molar-refractivity contribution < 1.29 is 9.47 Å². The monoisotopic (exact) mass is 224 g/mol. The molecule has 0 atom stereocenters. The van der Waals surface area contributed by atoms with Gasteiger partial charge < -0.3 is 9.47 Å². The van der Waals surface area contributed by atoms with Crippen molar-refractivity contribution in [1.29, 1.82) is 0 Å². The zero-order valence-electron chi connectivity index (χ0n) is 11.5. The van der Waals surface area contributed by atoms with Crippen molar-refractivity contribution in [3.05, 3.63) is 23.8 Å². The molecule has 92 valence electrons. The first kappa shape index (κ1) is 14.8. The normalized spacial score (nSPS) is 10.2. The van der Waals surface area contributed by atoms with Crippen LogP contribution >= 0.6 is 0 Å². The number of benzene rings is 1. The lowest BCUT2D eigenvalue weighted by atomic mass is 9.86. The Morgan fingerprint density at radius 2 is 1.50 bits per heavy atom. The van der Waals surface area contributed by atoms with Crippen molar-refractivity contribution in [1.82, 2.24) is 0 Å². The predicted molar refractivity (Wildman–Crippen MR) is 69.6 cm³/mol.